The maximum Gasteiger partial charge on any atom is 0.243 e. The number of sulfonamides is 1. The molecule has 2 aliphatic rings. The Hall–Kier alpha value is -2.23. The smallest absolute Gasteiger partial charge is 0.243 e. The highest BCUT2D eigenvalue weighted by molar-refractivity contribution is 7.98. The average molecular weight is 490 g/mol. The Labute approximate surface area is 200 Å². The Balaban J connectivity index is 1.31. The van der Waals surface area contributed by atoms with Crippen molar-refractivity contribution >= 4 is 33.4 Å². The quantitative estimate of drug-likeness (QED) is 0.581. The molecule has 0 aromatic heterocycles. The number of carbonyl (C=O) groups is 1. The number of para-hydroxylation sites is 2. The van der Waals surface area contributed by atoms with Gasteiger partial charge in [0.1, 0.15) is 5.75 Å². The fourth-order valence-corrected chi connectivity index (χ4v) is 6.43. The van der Waals surface area contributed by atoms with Gasteiger partial charge >= 0.3 is 0 Å². The molecule has 0 N–H and O–H groups in total. The van der Waals surface area contributed by atoms with Crippen LogP contribution in [0.1, 0.15) is 12.8 Å². The highest BCUT2D eigenvalue weighted by atomic mass is 32.2. The van der Waals surface area contributed by atoms with Crippen molar-refractivity contribution in [1.29, 1.82) is 0 Å². The van der Waals surface area contributed by atoms with Crippen LogP contribution < -0.4 is 9.64 Å². The van der Waals surface area contributed by atoms with Crippen LogP contribution >= 0.6 is 11.8 Å². The fourth-order valence-electron chi connectivity index (χ4n) is 4.56. The van der Waals surface area contributed by atoms with E-state index in [1.807, 2.05) is 47.6 Å². The van der Waals surface area contributed by atoms with Gasteiger partial charge in [0.05, 0.1) is 17.7 Å². The second-order valence-electron chi connectivity index (χ2n) is 8.34. The SMILES string of the molecule is COc1ccccc1N1CCN(C(=O)C2CCN(S(=O)(=O)c3ccc(SC)cc3)CC2)CC1. The number of methoxy groups -OCH3 is 1. The maximum atomic E-state index is 13.1. The van der Waals surface area contributed by atoms with Crippen LogP contribution in [0.5, 0.6) is 5.75 Å². The molecule has 2 heterocycles. The molecule has 0 radical (unpaired) electrons. The molecule has 0 aliphatic carbocycles. The zero-order valence-electron chi connectivity index (χ0n) is 19.1. The molecule has 2 fully saturated rings. The summed E-state index contributed by atoms with van der Waals surface area (Å²) in [6.45, 7) is 3.60. The topological polar surface area (TPSA) is 70.2 Å². The van der Waals surface area contributed by atoms with Crippen LogP contribution in [0.3, 0.4) is 0 Å². The Morgan fingerprint density at radius 2 is 1.58 bits per heavy atom. The van der Waals surface area contributed by atoms with Crippen molar-refractivity contribution in [3.63, 3.8) is 0 Å². The lowest BCUT2D eigenvalue weighted by atomic mass is 9.96. The summed E-state index contributed by atoms with van der Waals surface area (Å²) >= 11 is 1.58. The van der Waals surface area contributed by atoms with Crippen molar-refractivity contribution in [2.24, 2.45) is 5.92 Å². The number of ether oxygens (including phenoxy) is 1. The van der Waals surface area contributed by atoms with Gasteiger partial charge in [0.15, 0.2) is 0 Å². The minimum atomic E-state index is -3.52. The molecule has 2 saturated heterocycles. The van der Waals surface area contributed by atoms with Gasteiger partial charge in [0.25, 0.3) is 0 Å². The average Bonchev–Trinajstić information content (AvgIpc) is 2.88. The van der Waals surface area contributed by atoms with Crippen molar-refractivity contribution in [1.82, 2.24) is 9.21 Å². The molecule has 7 nitrogen and oxygen atoms in total. The Bertz CT molecular complexity index is 1060. The van der Waals surface area contributed by atoms with Crippen LogP contribution in [0.4, 0.5) is 5.69 Å². The fraction of sp³-hybridized carbons (Fsp3) is 0.458. The summed E-state index contributed by atoms with van der Waals surface area (Å²) < 4.78 is 33.0. The second-order valence-corrected chi connectivity index (χ2v) is 11.2. The summed E-state index contributed by atoms with van der Waals surface area (Å²) in [6.07, 6.45) is 3.09. The molecule has 0 unspecified atom stereocenters. The largest absolute Gasteiger partial charge is 0.495 e. The van der Waals surface area contributed by atoms with Gasteiger partial charge in [-0.15, -0.1) is 11.8 Å². The van der Waals surface area contributed by atoms with Gasteiger partial charge in [0, 0.05) is 50.1 Å². The van der Waals surface area contributed by atoms with Gasteiger partial charge in [-0.25, -0.2) is 8.42 Å². The minimum absolute atomic E-state index is 0.117. The molecule has 2 aliphatic heterocycles. The van der Waals surface area contributed by atoms with E-state index in [9.17, 15) is 13.2 Å². The molecule has 0 bridgehead atoms. The lowest BCUT2D eigenvalue weighted by molar-refractivity contribution is -0.137. The Morgan fingerprint density at radius 1 is 0.939 bits per heavy atom. The van der Waals surface area contributed by atoms with Crippen molar-refractivity contribution in [3.8, 4) is 5.75 Å². The molecular weight excluding hydrogens is 458 g/mol. The van der Waals surface area contributed by atoms with Crippen molar-refractivity contribution < 1.29 is 17.9 Å². The summed E-state index contributed by atoms with van der Waals surface area (Å²) in [5, 5.41) is 0. The molecule has 2 aromatic carbocycles. The third-order valence-electron chi connectivity index (χ3n) is 6.52. The molecule has 0 saturated carbocycles. The van der Waals surface area contributed by atoms with E-state index >= 15 is 0 Å². The van der Waals surface area contributed by atoms with E-state index < -0.39 is 10.0 Å². The highest BCUT2D eigenvalue weighted by Gasteiger charge is 2.34. The van der Waals surface area contributed by atoms with Gasteiger partial charge in [-0.05, 0) is 55.5 Å². The van der Waals surface area contributed by atoms with Crippen LogP contribution in [-0.4, -0.2) is 76.2 Å². The van der Waals surface area contributed by atoms with Gasteiger partial charge in [-0.2, -0.15) is 4.31 Å². The predicted octanol–water partition coefficient (Wildman–Crippen LogP) is 3.17. The van der Waals surface area contributed by atoms with Gasteiger partial charge in [0.2, 0.25) is 15.9 Å². The molecule has 178 valence electrons. The number of anilines is 1. The second kappa shape index (κ2) is 10.4. The summed E-state index contributed by atoms with van der Waals surface area (Å²) in [5.74, 6) is 0.873. The van der Waals surface area contributed by atoms with E-state index in [0.717, 1.165) is 29.4 Å². The van der Waals surface area contributed by atoms with Gasteiger partial charge in [-0.1, -0.05) is 12.1 Å². The van der Waals surface area contributed by atoms with Crippen LogP contribution in [0.2, 0.25) is 0 Å². The Morgan fingerprint density at radius 3 is 2.18 bits per heavy atom. The van der Waals surface area contributed by atoms with Crippen LogP contribution in [0, 0.1) is 5.92 Å². The van der Waals surface area contributed by atoms with Crippen LogP contribution in [-0.2, 0) is 14.8 Å². The van der Waals surface area contributed by atoms with Gasteiger partial charge in [-0.3, -0.25) is 4.79 Å². The molecule has 0 atom stereocenters. The van der Waals surface area contributed by atoms with Crippen molar-refractivity contribution in [2.45, 2.75) is 22.6 Å². The first-order valence-electron chi connectivity index (χ1n) is 11.2. The molecule has 0 spiro atoms. The summed E-state index contributed by atoms with van der Waals surface area (Å²) in [6, 6.07) is 14.9. The van der Waals surface area contributed by atoms with Crippen LogP contribution in [0.25, 0.3) is 0 Å². The summed E-state index contributed by atoms with van der Waals surface area (Å²) in [5.41, 5.74) is 1.05. The standard InChI is InChI=1S/C24H31N3O4S2/c1-31-23-6-4-3-5-22(23)25-15-17-26(18-16-25)24(28)19-11-13-27(14-12-19)33(29,30)21-9-7-20(32-2)8-10-21/h3-10,19H,11-18H2,1-2H3. The number of carbonyl (C=O) groups excluding carboxylic acids is 1. The number of piperazine rings is 1. The monoisotopic (exact) mass is 489 g/mol. The van der Waals surface area contributed by atoms with Crippen molar-refractivity contribution in [3.05, 3.63) is 48.5 Å². The number of piperidine rings is 1. The summed E-state index contributed by atoms with van der Waals surface area (Å²) in [4.78, 5) is 18.7. The number of nitrogens with zero attached hydrogens (tertiary/aromatic N) is 3. The van der Waals surface area contributed by atoms with E-state index in [-0.39, 0.29) is 11.8 Å². The highest BCUT2D eigenvalue weighted by Crippen LogP contribution is 2.30. The van der Waals surface area contributed by atoms with E-state index in [2.05, 4.69) is 4.90 Å². The van der Waals surface area contributed by atoms with Crippen LogP contribution in [0.15, 0.2) is 58.3 Å². The molecule has 9 heteroatoms. The molecule has 1 amide bonds. The zero-order chi connectivity index (χ0) is 23.4. The first-order chi connectivity index (χ1) is 15.9. The Kier molecular flexibility index (Phi) is 7.51. The predicted molar refractivity (Wildman–Crippen MR) is 131 cm³/mol. The normalized spacial score (nSPS) is 18.4. The number of hydrogen-bond donors (Lipinski definition) is 0. The minimum Gasteiger partial charge on any atom is -0.495 e. The first-order valence-corrected chi connectivity index (χ1v) is 13.9. The lowest BCUT2D eigenvalue weighted by Gasteiger charge is -2.39. The summed E-state index contributed by atoms with van der Waals surface area (Å²) in [7, 11) is -1.85. The van der Waals surface area contributed by atoms with Crippen molar-refractivity contribution in [2.75, 3.05) is 57.5 Å². The molecule has 4 rings (SSSR count). The number of thioether (sulfide) groups is 1. The zero-order valence-corrected chi connectivity index (χ0v) is 20.8. The number of amides is 1. The lowest BCUT2D eigenvalue weighted by Crippen LogP contribution is -2.52. The number of benzene rings is 2. The number of hydrogen-bond acceptors (Lipinski definition) is 6. The third kappa shape index (κ3) is 5.15. The van der Waals surface area contributed by atoms with E-state index in [1.54, 1.807) is 31.0 Å². The van der Waals surface area contributed by atoms with E-state index in [4.69, 9.17) is 4.74 Å². The van der Waals surface area contributed by atoms with E-state index in [0.29, 0.717) is 43.9 Å². The molecule has 2 aromatic rings. The maximum absolute atomic E-state index is 13.1. The first kappa shape index (κ1) is 23.9. The molecule has 33 heavy (non-hydrogen) atoms. The van der Waals surface area contributed by atoms with E-state index in [1.165, 1.54) is 4.31 Å². The van der Waals surface area contributed by atoms with Gasteiger partial charge < -0.3 is 14.5 Å². The molecular formula is C24H31N3O4S2. The number of rotatable bonds is 6. The third-order valence-corrected chi connectivity index (χ3v) is 9.17.